The number of halogens is 6. The molecule has 3 aromatic carbocycles. The molecule has 6 nitrogen and oxygen atoms in total. The van der Waals surface area contributed by atoms with Crippen molar-refractivity contribution in [3.05, 3.63) is 69.0 Å². The van der Waals surface area contributed by atoms with Crippen molar-refractivity contribution in [2.24, 2.45) is 0 Å². The Morgan fingerprint density at radius 3 is 1.13 bits per heavy atom. The minimum atomic E-state index is -4.86. The van der Waals surface area contributed by atoms with Gasteiger partial charge in [-0.05, 0) is 48.5 Å². The average Bonchev–Trinajstić information content (AvgIpc) is 2.64. The number of ether oxygens (including phenoxy) is 2. The number of benzene rings is 2. The number of hydrogen-bond donors (Lipinski definition) is 2. The van der Waals surface area contributed by atoms with E-state index in [1.165, 1.54) is 24.3 Å². The highest BCUT2D eigenvalue weighted by Crippen LogP contribution is 2.29. The average molecular weight is 432 g/mol. The van der Waals surface area contributed by atoms with Gasteiger partial charge in [-0.2, -0.15) is 0 Å². The summed E-state index contributed by atoms with van der Waals surface area (Å²) in [4.78, 5) is 23.6. The molecule has 0 aromatic heterocycles. The molecule has 0 saturated heterocycles. The second kappa shape index (κ2) is 7.61. The fraction of sp³-hybridized carbons (Fsp3) is 0.111. The van der Waals surface area contributed by atoms with Crippen LogP contribution < -0.4 is 31.0 Å². The van der Waals surface area contributed by atoms with Crippen molar-refractivity contribution < 1.29 is 35.8 Å². The van der Waals surface area contributed by atoms with Gasteiger partial charge in [0.2, 0.25) is 0 Å². The summed E-state index contributed by atoms with van der Waals surface area (Å²) in [6.45, 7) is 0. The maximum absolute atomic E-state index is 12.2. The maximum atomic E-state index is 12.2. The summed E-state index contributed by atoms with van der Waals surface area (Å²) in [6.07, 6.45) is -9.71. The zero-order valence-corrected chi connectivity index (χ0v) is 14.5. The van der Waals surface area contributed by atoms with Crippen LogP contribution in [0.2, 0.25) is 0 Å². The minimum absolute atomic E-state index is 0.153. The normalized spacial score (nSPS) is 11.9. The van der Waals surface area contributed by atoms with Gasteiger partial charge in [0.05, 0.1) is 0 Å². The molecule has 0 saturated carbocycles. The summed E-state index contributed by atoms with van der Waals surface area (Å²) < 4.78 is 80.5. The van der Waals surface area contributed by atoms with Gasteiger partial charge >= 0.3 is 12.7 Å². The second-order valence-electron chi connectivity index (χ2n) is 5.80. The molecule has 0 spiro atoms. The molecular weight excluding hydrogens is 422 g/mol. The van der Waals surface area contributed by atoms with Gasteiger partial charge in [0, 0.05) is 11.4 Å². The van der Waals surface area contributed by atoms with Gasteiger partial charge in [-0.3, -0.25) is 9.59 Å². The Bertz CT molecular complexity index is 1010. The third kappa shape index (κ3) is 5.21. The largest absolute Gasteiger partial charge is 0.573 e. The smallest absolute Gasteiger partial charge is 0.406 e. The van der Waals surface area contributed by atoms with Crippen LogP contribution in [0.15, 0.2) is 58.1 Å². The molecule has 3 aromatic rings. The molecule has 0 amide bonds. The van der Waals surface area contributed by atoms with Crippen molar-refractivity contribution >= 4 is 22.7 Å². The molecule has 158 valence electrons. The van der Waals surface area contributed by atoms with E-state index in [1.807, 2.05) is 0 Å². The summed E-state index contributed by atoms with van der Waals surface area (Å²) >= 11 is 0. The number of alkyl halides is 6. The zero-order valence-electron chi connectivity index (χ0n) is 14.5. The van der Waals surface area contributed by atoms with Crippen LogP contribution in [-0.4, -0.2) is 12.7 Å². The van der Waals surface area contributed by atoms with E-state index in [4.69, 9.17) is 0 Å². The van der Waals surface area contributed by atoms with E-state index in [2.05, 4.69) is 20.1 Å². The summed E-state index contributed by atoms with van der Waals surface area (Å²) in [7, 11) is 0. The Labute approximate surface area is 163 Å². The lowest BCUT2D eigenvalue weighted by Gasteiger charge is -2.16. The molecule has 0 fully saturated rings. The zero-order chi connectivity index (χ0) is 22.1. The van der Waals surface area contributed by atoms with Crippen molar-refractivity contribution in [1.29, 1.82) is 0 Å². The first kappa shape index (κ1) is 21.0. The maximum Gasteiger partial charge on any atom is 0.573 e. The highest BCUT2D eigenvalue weighted by molar-refractivity contribution is 5.82. The fourth-order valence-electron chi connectivity index (χ4n) is 2.40. The molecule has 12 heteroatoms. The molecule has 0 aliphatic heterocycles. The summed E-state index contributed by atoms with van der Waals surface area (Å²) in [6, 6.07) is 8.83. The third-order valence-electron chi connectivity index (χ3n) is 3.62. The van der Waals surface area contributed by atoms with Gasteiger partial charge in [-0.25, -0.2) is 0 Å². The van der Waals surface area contributed by atoms with Crippen molar-refractivity contribution in [3.63, 3.8) is 0 Å². The SMILES string of the molecule is O=c1c(Nc2ccc(OC(F)(F)F)cc2)c(Nc2ccc(OC(F)(F)F)cc2)c1=O. The molecule has 0 radical (unpaired) electrons. The predicted molar refractivity (Wildman–Crippen MR) is 94.2 cm³/mol. The van der Waals surface area contributed by atoms with Crippen LogP contribution in [0.5, 0.6) is 11.5 Å². The Hall–Kier alpha value is -3.70. The Kier molecular flexibility index (Phi) is 5.33. The summed E-state index contributed by atoms with van der Waals surface area (Å²) in [5, 5.41) is 5.20. The molecule has 0 atom stereocenters. The molecule has 0 bridgehead atoms. The topological polar surface area (TPSA) is 76.7 Å². The van der Waals surface area contributed by atoms with Gasteiger partial charge in [0.25, 0.3) is 10.9 Å². The van der Waals surface area contributed by atoms with Crippen LogP contribution in [0.3, 0.4) is 0 Å². The Balaban J connectivity index is 1.72. The molecule has 0 heterocycles. The first-order chi connectivity index (χ1) is 13.9. The molecule has 3 rings (SSSR count). The lowest BCUT2D eigenvalue weighted by Crippen LogP contribution is -2.35. The quantitative estimate of drug-likeness (QED) is 0.439. The lowest BCUT2D eigenvalue weighted by molar-refractivity contribution is -0.275. The van der Waals surface area contributed by atoms with Gasteiger partial charge in [0.1, 0.15) is 22.9 Å². The number of nitrogens with one attached hydrogen (secondary N) is 2. The van der Waals surface area contributed by atoms with Crippen molar-refractivity contribution in [2.75, 3.05) is 10.6 Å². The van der Waals surface area contributed by atoms with E-state index in [9.17, 15) is 35.9 Å². The molecule has 0 aliphatic rings. The summed E-state index contributed by atoms with van der Waals surface area (Å²) in [5.74, 6) is -0.949. The summed E-state index contributed by atoms with van der Waals surface area (Å²) in [5.41, 5.74) is -1.64. The fourth-order valence-corrected chi connectivity index (χ4v) is 2.40. The van der Waals surface area contributed by atoms with Crippen LogP contribution in [0, 0.1) is 0 Å². The Morgan fingerprint density at radius 1 is 0.567 bits per heavy atom. The molecule has 0 unspecified atom stereocenters. The van der Waals surface area contributed by atoms with E-state index >= 15 is 0 Å². The van der Waals surface area contributed by atoms with Crippen LogP contribution in [0.25, 0.3) is 0 Å². The minimum Gasteiger partial charge on any atom is -0.406 e. The lowest BCUT2D eigenvalue weighted by atomic mass is 10.1. The number of anilines is 4. The van der Waals surface area contributed by atoms with E-state index in [0.29, 0.717) is 0 Å². The number of hydrogen-bond acceptors (Lipinski definition) is 6. The molecule has 30 heavy (non-hydrogen) atoms. The molecule has 0 aliphatic carbocycles. The predicted octanol–water partition coefficient (Wildman–Crippen LogP) is 4.57. The van der Waals surface area contributed by atoms with E-state index in [1.54, 1.807) is 0 Å². The Morgan fingerprint density at radius 2 is 0.867 bits per heavy atom. The first-order valence-electron chi connectivity index (χ1n) is 8.00. The first-order valence-corrected chi connectivity index (χ1v) is 8.00. The highest BCUT2D eigenvalue weighted by Gasteiger charge is 2.31. The van der Waals surface area contributed by atoms with Crippen LogP contribution in [-0.2, 0) is 0 Å². The van der Waals surface area contributed by atoms with Crippen molar-refractivity contribution in [2.45, 2.75) is 12.7 Å². The molecule has 2 N–H and O–H groups in total. The van der Waals surface area contributed by atoms with Crippen LogP contribution in [0.1, 0.15) is 0 Å². The van der Waals surface area contributed by atoms with E-state index in [-0.39, 0.29) is 22.7 Å². The van der Waals surface area contributed by atoms with E-state index < -0.39 is 35.1 Å². The third-order valence-corrected chi connectivity index (χ3v) is 3.62. The molecular formula is C18H10F6N2O4. The van der Waals surface area contributed by atoms with Crippen molar-refractivity contribution in [1.82, 2.24) is 0 Å². The van der Waals surface area contributed by atoms with Crippen LogP contribution >= 0.6 is 0 Å². The second-order valence-corrected chi connectivity index (χ2v) is 5.80. The monoisotopic (exact) mass is 432 g/mol. The van der Waals surface area contributed by atoms with E-state index in [0.717, 1.165) is 24.3 Å². The number of rotatable bonds is 6. The van der Waals surface area contributed by atoms with Gasteiger partial charge in [-0.1, -0.05) is 0 Å². The van der Waals surface area contributed by atoms with Gasteiger partial charge in [-0.15, -0.1) is 26.3 Å². The van der Waals surface area contributed by atoms with Crippen LogP contribution in [0.4, 0.5) is 49.1 Å². The van der Waals surface area contributed by atoms with Gasteiger partial charge in [0.15, 0.2) is 0 Å². The van der Waals surface area contributed by atoms with Gasteiger partial charge < -0.3 is 20.1 Å². The van der Waals surface area contributed by atoms with Crippen molar-refractivity contribution in [3.8, 4) is 11.5 Å². The standard InChI is InChI=1S/C18H10F6N2O4/c19-17(20,21)29-11-5-1-9(2-6-11)25-13-14(16(28)15(13)27)26-10-3-7-12(8-4-10)30-18(22,23)24/h1-8,25-26H. The highest BCUT2D eigenvalue weighted by atomic mass is 19.4.